The van der Waals surface area contributed by atoms with Crippen molar-refractivity contribution in [2.75, 3.05) is 141 Å². The van der Waals surface area contributed by atoms with Crippen molar-refractivity contribution in [3.05, 3.63) is 72.4 Å². The molecule has 0 aliphatic carbocycles. The van der Waals surface area contributed by atoms with Gasteiger partial charge in [0.15, 0.2) is 11.6 Å². The highest BCUT2D eigenvalue weighted by Gasteiger charge is 2.31. The van der Waals surface area contributed by atoms with Gasteiger partial charge in [0.05, 0.1) is 58.4 Å². The number of nitrogens with two attached hydrogens (primary N) is 1. The van der Waals surface area contributed by atoms with E-state index in [4.69, 9.17) is 54.6 Å². The number of nitrogens with zero attached hydrogens (tertiary/aromatic N) is 11. The molecule has 0 spiro atoms. The second-order valence-corrected chi connectivity index (χ2v) is 14.6. The van der Waals surface area contributed by atoms with Crippen molar-refractivity contribution in [1.29, 1.82) is 0 Å². The lowest BCUT2D eigenvalue weighted by molar-refractivity contribution is -0.137. The minimum absolute atomic E-state index is 0.0106. The van der Waals surface area contributed by atoms with Gasteiger partial charge in [0.2, 0.25) is 23.8 Å². The molecule has 332 valence electrons. The first kappa shape index (κ1) is 43.2. The van der Waals surface area contributed by atoms with Gasteiger partial charge >= 0.3 is 12.2 Å². The molecule has 63 heavy (non-hydrogen) atoms. The summed E-state index contributed by atoms with van der Waals surface area (Å²) in [5, 5.41) is 5.04. The predicted octanol–water partition coefficient (Wildman–Crippen LogP) is 4.06. The van der Waals surface area contributed by atoms with Gasteiger partial charge in [0.1, 0.15) is 5.82 Å². The number of halogens is 3. The van der Waals surface area contributed by atoms with Gasteiger partial charge in [-0.3, -0.25) is 5.32 Å². The molecule has 0 atom stereocenters. The predicted molar refractivity (Wildman–Crippen MR) is 229 cm³/mol. The van der Waals surface area contributed by atoms with Gasteiger partial charge < -0.3 is 49.6 Å². The molecule has 5 aromatic rings. The Kier molecular flexibility index (Phi) is 13.8. The highest BCUT2D eigenvalue weighted by molar-refractivity contribution is 5.99. The molecule has 7 heterocycles. The Balaban J connectivity index is 0.000000188. The number of nitrogen functional groups attached to an aromatic ring is 1. The molecule has 0 unspecified atom stereocenters. The van der Waals surface area contributed by atoms with Crippen molar-refractivity contribution >= 4 is 47.0 Å². The third-order valence-electron chi connectivity index (χ3n) is 10.3. The number of alkyl halides is 3. The van der Waals surface area contributed by atoms with Crippen LogP contribution >= 0.6 is 0 Å². The van der Waals surface area contributed by atoms with Crippen LogP contribution < -0.4 is 36.0 Å². The van der Waals surface area contributed by atoms with Crippen LogP contribution in [0.5, 0.6) is 0 Å². The number of morpholine rings is 4. The second kappa shape index (κ2) is 20.1. The summed E-state index contributed by atoms with van der Waals surface area (Å²) in [6.45, 7) is 11.0. The van der Waals surface area contributed by atoms with E-state index in [1.165, 1.54) is 0 Å². The Morgan fingerprint density at radius 1 is 0.524 bits per heavy atom. The summed E-state index contributed by atoms with van der Waals surface area (Å²) in [5.41, 5.74) is 7.75. The second-order valence-electron chi connectivity index (χ2n) is 14.6. The van der Waals surface area contributed by atoms with Crippen molar-refractivity contribution in [3.63, 3.8) is 0 Å². The van der Waals surface area contributed by atoms with Crippen LogP contribution in [0.2, 0.25) is 0 Å². The smallest absolute Gasteiger partial charge is 0.399 e. The molecule has 4 fully saturated rings. The average molecular weight is 873 g/mol. The number of carbonyl (C=O) groups excluding carboxylic acids is 1. The highest BCUT2D eigenvalue weighted by Crippen LogP contribution is 2.29. The third-order valence-corrected chi connectivity index (χ3v) is 10.3. The zero-order valence-corrected chi connectivity index (χ0v) is 34.3. The van der Waals surface area contributed by atoms with E-state index in [0.717, 1.165) is 55.1 Å². The molecule has 0 saturated carbocycles. The molecule has 4 N–H and O–H groups in total. The fourth-order valence-corrected chi connectivity index (χ4v) is 6.83. The van der Waals surface area contributed by atoms with Gasteiger partial charge in [-0.2, -0.15) is 43.1 Å². The first-order valence-electron chi connectivity index (χ1n) is 20.6. The maximum Gasteiger partial charge on any atom is 0.417 e. The van der Waals surface area contributed by atoms with Crippen molar-refractivity contribution in [2.24, 2.45) is 0 Å². The van der Waals surface area contributed by atoms with Gasteiger partial charge in [-0.05, 0) is 60.7 Å². The van der Waals surface area contributed by atoms with Crippen molar-refractivity contribution in [1.82, 2.24) is 34.9 Å². The Morgan fingerprint density at radius 3 is 1.25 bits per heavy atom. The molecular formula is C41H47F3N14O5. The van der Waals surface area contributed by atoms with E-state index < -0.39 is 17.8 Å². The number of anilines is 7. The summed E-state index contributed by atoms with van der Waals surface area (Å²) in [6, 6.07) is 15.8. The van der Waals surface area contributed by atoms with E-state index in [2.05, 4.69) is 35.2 Å². The molecule has 4 saturated heterocycles. The number of ether oxygens (including phenoxy) is 4. The highest BCUT2D eigenvalue weighted by atomic mass is 19.4. The summed E-state index contributed by atoms with van der Waals surface area (Å²) >= 11 is 0. The van der Waals surface area contributed by atoms with Crippen LogP contribution in [0.15, 0.2) is 66.9 Å². The van der Waals surface area contributed by atoms with Crippen LogP contribution in [0, 0.1) is 0 Å². The first-order chi connectivity index (χ1) is 30.6. The van der Waals surface area contributed by atoms with E-state index in [1.807, 2.05) is 24.3 Å². The molecular weight excluding hydrogens is 826 g/mol. The number of hydrogen-bond donors (Lipinski definition) is 3. The van der Waals surface area contributed by atoms with Crippen LogP contribution in [-0.4, -0.2) is 146 Å². The molecule has 9 rings (SSSR count). The summed E-state index contributed by atoms with van der Waals surface area (Å²) < 4.78 is 59.9. The van der Waals surface area contributed by atoms with E-state index in [-0.39, 0.29) is 5.82 Å². The molecule has 2 amide bonds. The molecule has 22 heteroatoms. The minimum atomic E-state index is -4.50. The maximum atomic E-state index is 12.7. The Labute approximate surface area is 360 Å². The normalized spacial score (nSPS) is 17.1. The van der Waals surface area contributed by atoms with E-state index in [0.29, 0.717) is 126 Å². The fraction of sp³-hybridized carbons (Fsp3) is 0.415. The number of hydrogen-bond acceptors (Lipinski definition) is 17. The van der Waals surface area contributed by atoms with Crippen LogP contribution in [-0.2, 0) is 25.1 Å². The molecule has 0 radical (unpaired) electrons. The van der Waals surface area contributed by atoms with Gasteiger partial charge in [-0.25, -0.2) is 9.78 Å². The largest absolute Gasteiger partial charge is 0.417 e. The van der Waals surface area contributed by atoms with Crippen molar-refractivity contribution in [3.8, 4) is 22.8 Å². The number of nitrogens with one attached hydrogen (secondary N) is 2. The molecule has 2 aromatic carbocycles. The summed E-state index contributed by atoms with van der Waals surface area (Å²) in [4.78, 5) is 52.6. The molecule has 4 aliphatic rings. The van der Waals surface area contributed by atoms with Gasteiger partial charge in [0.25, 0.3) is 0 Å². The zero-order chi connectivity index (χ0) is 43.6. The van der Waals surface area contributed by atoms with Gasteiger partial charge in [-0.15, -0.1) is 0 Å². The third kappa shape index (κ3) is 11.5. The SMILES string of the molecule is Nc1ccc(-c2nc(N3CCOCC3)nc(N3CCOCC3)n2)cc1.O=C(Nc1ccc(-c2nc(N3CCOCC3)nc(N3CCOCC3)n2)cc1)Nc1ccc(C(F)(F)F)cn1. The average Bonchev–Trinajstić information content (AvgIpc) is 3.33. The number of pyridine rings is 1. The molecule has 3 aromatic heterocycles. The number of urea groups is 1. The number of amides is 2. The maximum absolute atomic E-state index is 12.7. The van der Waals surface area contributed by atoms with Crippen LogP contribution in [0.25, 0.3) is 22.8 Å². The van der Waals surface area contributed by atoms with E-state index in [9.17, 15) is 18.0 Å². The van der Waals surface area contributed by atoms with Crippen molar-refractivity contribution < 1.29 is 36.9 Å². The standard InChI is InChI=1S/C24H25F3N8O3.C17H22N6O2/c25-24(26,27)17-3-6-19(28-15-17)30-23(36)29-18-4-1-16(2-5-18)20-31-21(34-7-11-37-12-8-34)33-22(32-20)35-9-13-38-14-10-35;18-14-3-1-13(2-4-14)15-19-16(22-5-9-24-10-6-22)21-17(20-15)23-7-11-25-12-8-23/h1-6,15H,7-14H2,(H2,28,29,30,36);1-4H,5-12,18H2. The summed E-state index contributed by atoms with van der Waals surface area (Å²) in [6.07, 6.45) is -3.84. The quantitative estimate of drug-likeness (QED) is 0.188. The number of carbonyl (C=O) groups is 1. The Morgan fingerprint density at radius 2 is 0.905 bits per heavy atom. The number of benzene rings is 2. The number of rotatable bonds is 8. The van der Waals surface area contributed by atoms with Crippen LogP contribution in [0.4, 0.5) is 59.0 Å². The molecule has 19 nitrogen and oxygen atoms in total. The Bertz CT molecular complexity index is 2200. The lowest BCUT2D eigenvalue weighted by atomic mass is 10.2. The van der Waals surface area contributed by atoms with Gasteiger partial charge in [0, 0.05) is 81.1 Å². The van der Waals surface area contributed by atoms with Gasteiger partial charge in [-0.1, -0.05) is 0 Å². The topological polar surface area (TPSA) is 207 Å². The van der Waals surface area contributed by atoms with E-state index in [1.54, 1.807) is 24.3 Å². The molecule has 4 aliphatic heterocycles. The summed E-state index contributed by atoms with van der Waals surface area (Å²) in [5.74, 6) is 3.70. The van der Waals surface area contributed by atoms with Crippen LogP contribution in [0.3, 0.4) is 0 Å². The Hall–Kier alpha value is -6.49. The van der Waals surface area contributed by atoms with Crippen molar-refractivity contribution in [2.45, 2.75) is 6.18 Å². The van der Waals surface area contributed by atoms with Crippen LogP contribution in [0.1, 0.15) is 5.56 Å². The zero-order valence-electron chi connectivity index (χ0n) is 34.3. The lowest BCUT2D eigenvalue weighted by Gasteiger charge is -2.30. The first-order valence-corrected chi connectivity index (χ1v) is 20.6. The molecule has 0 bridgehead atoms. The number of aromatic nitrogens is 7. The summed E-state index contributed by atoms with van der Waals surface area (Å²) in [7, 11) is 0. The van der Waals surface area contributed by atoms with E-state index >= 15 is 0 Å². The lowest BCUT2D eigenvalue weighted by Crippen LogP contribution is -2.40. The monoisotopic (exact) mass is 872 g/mol. The minimum Gasteiger partial charge on any atom is -0.399 e. The fourth-order valence-electron chi connectivity index (χ4n) is 6.83.